The molecule has 1 aromatic rings. The average molecular weight is 281 g/mol. The molecule has 0 aliphatic heterocycles. The molecule has 0 saturated heterocycles. The number of benzene rings is 1. The van der Waals surface area contributed by atoms with Gasteiger partial charge in [-0.3, -0.25) is 4.79 Å². The lowest BCUT2D eigenvalue weighted by Gasteiger charge is -2.34. The van der Waals surface area contributed by atoms with Crippen molar-refractivity contribution in [3.8, 4) is 0 Å². The molecule has 1 N–H and O–H groups in total. The highest BCUT2D eigenvalue weighted by atomic mass is 35.5. The Labute approximate surface area is 119 Å². The van der Waals surface area contributed by atoms with Crippen LogP contribution in [0.25, 0.3) is 0 Å². The zero-order chi connectivity index (χ0) is 13.8. The van der Waals surface area contributed by atoms with Gasteiger partial charge in [0.25, 0.3) is 0 Å². The van der Waals surface area contributed by atoms with Crippen LogP contribution < -0.4 is 0 Å². The summed E-state index contributed by atoms with van der Waals surface area (Å²) >= 11 is 5.91. The third-order valence-electron chi connectivity index (χ3n) is 4.27. The molecule has 0 bridgehead atoms. The molecular weight excluding hydrogens is 260 g/mol. The maximum atomic E-state index is 11.4. The molecule has 3 unspecified atom stereocenters. The lowest BCUT2D eigenvalue weighted by atomic mass is 9.70. The van der Waals surface area contributed by atoms with Gasteiger partial charge in [0.1, 0.15) is 0 Å². The summed E-state index contributed by atoms with van der Waals surface area (Å²) in [5, 5.41) is 10.1. The Morgan fingerprint density at radius 2 is 2.00 bits per heavy atom. The highest BCUT2D eigenvalue weighted by molar-refractivity contribution is 6.30. The topological polar surface area (TPSA) is 37.3 Å². The van der Waals surface area contributed by atoms with Crippen molar-refractivity contribution in [2.45, 2.75) is 44.9 Å². The summed E-state index contributed by atoms with van der Waals surface area (Å²) in [5.41, 5.74) is 1.12. The second-order valence-electron chi connectivity index (χ2n) is 5.57. The van der Waals surface area contributed by atoms with Gasteiger partial charge in [-0.1, -0.05) is 43.5 Å². The molecule has 104 valence electrons. The van der Waals surface area contributed by atoms with Crippen LogP contribution in [-0.2, 0) is 4.79 Å². The van der Waals surface area contributed by atoms with Crippen LogP contribution in [0.2, 0.25) is 5.02 Å². The van der Waals surface area contributed by atoms with E-state index in [1.165, 1.54) is 12.8 Å². The van der Waals surface area contributed by atoms with E-state index < -0.39 is 5.97 Å². The molecule has 0 aromatic heterocycles. The lowest BCUT2D eigenvalue weighted by molar-refractivity contribution is -0.143. The quantitative estimate of drug-likeness (QED) is 0.866. The molecule has 1 aromatic carbocycles. The van der Waals surface area contributed by atoms with Gasteiger partial charge in [-0.15, -0.1) is 0 Å². The predicted octanol–water partition coefficient (Wildman–Crippen LogP) is 4.72. The molecule has 1 aliphatic carbocycles. The van der Waals surface area contributed by atoms with Gasteiger partial charge in [0.05, 0.1) is 5.92 Å². The highest BCUT2D eigenvalue weighted by Crippen LogP contribution is 2.42. The lowest BCUT2D eigenvalue weighted by Crippen LogP contribution is -2.29. The first-order valence-corrected chi connectivity index (χ1v) is 7.48. The smallest absolute Gasteiger partial charge is 0.307 e. The maximum absolute atomic E-state index is 11.4. The molecule has 19 heavy (non-hydrogen) atoms. The molecule has 0 spiro atoms. The van der Waals surface area contributed by atoms with E-state index in [0.717, 1.165) is 24.8 Å². The van der Waals surface area contributed by atoms with Crippen LogP contribution in [0.5, 0.6) is 0 Å². The van der Waals surface area contributed by atoms with Gasteiger partial charge >= 0.3 is 5.97 Å². The van der Waals surface area contributed by atoms with Gasteiger partial charge in [0.2, 0.25) is 0 Å². The first-order chi connectivity index (χ1) is 9.11. The van der Waals surface area contributed by atoms with Gasteiger partial charge in [-0.25, -0.2) is 0 Å². The van der Waals surface area contributed by atoms with Crippen molar-refractivity contribution < 1.29 is 9.90 Å². The second kappa shape index (κ2) is 6.42. The molecule has 3 heteroatoms. The molecule has 0 heterocycles. The third-order valence-corrected chi connectivity index (χ3v) is 4.52. The monoisotopic (exact) mass is 280 g/mol. The molecular formula is C16H21ClO2. The number of carboxylic acids is 1. The molecule has 0 radical (unpaired) electrons. The van der Waals surface area contributed by atoms with Crippen molar-refractivity contribution >= 4 is 17.6 Å². The first-order valence-electron chi connectivity index (χ1n) is 7.10. The Kier molecular flexibility index (Phi) is 4.87. The molecule has 2 rings (SSSR count). The predicted molar refractivity (Wildman–Crippen MR) is 77.6 cm³/mol. The van der Waals surface area contributed by atoms with Crippen LogP contribution in [0.3, 0.4) is 0 Å². The standard InChI is InChI=1S/C16H21ClO2/c1-2-3-11-4-9-14(16(18)19)15(10-11)12-5-7-13(17)8-6-12/h5-8,11,14-15H,2-4,9-10H2,1H3,(H,18,19). The van der Waals surface area contributed by atoms with Gasteiger partial charge in [0, 0.05) is 5.02 Å². The van der Waals surface area contributed by atoms with Crippen LogP contribution in [0.4, 0.5) is 0 Å². The van der Waals surface area contributed by atoms with E-state index in [0.29, 0.717) is 10.9 Å². The first kappa shape index (κ1) is 14.4. The highest BCUT2D eigenvalue weighted by Gasteiger charge is 2.35. The van der Waals surface area contributed by atoms with Crippen LogP contribution in [0.1, 0.15) is 50.5 Å². The minimum atomic E-state index is -0.658. The van der Waals surface area contributed by atoms with E-state index in [1.807, 2.05) is 24.3 Å². The SMILES string of the molecule is CCCC1CCC(C(=O)O)C(c2ccc(Cl)cc2)C1. The third kappa shape index (κ3) is 3.50. The van der Waals surface area contributed by atoms with E-state index >= 15 is 0 Å². The van der Waals surface area contributed by atoms with Crippen LogP contribution >= 0.6 is 11.6 Å². The Morgan fingerprint density at radius 3 is 2.58 bits per heavy atom. The fraction of sp³-hybridized carbons (Fsp3) is 0.562. The largest absolute Gasteiger partial charge is 0.481 e. The Balaban J connectivity index is 2.19. The zero-order valence-corrected chi connectivity index (χ0v) is 12.1. The zero-order valence-electron chi connectivity index (χ0n) is 11.3. The van der Waals surface area contributed by atoms with Crippen LogP contribution in [0, 0.1) is 11.8 Å². The summed E-state index contributed by atoms with van der Waals surface area (Å²) in [6, 6.07) is 7.69. The summed E-state index contributed by atoms with van der Waals surface area (Å²) in [4.78, 5) is 11.4. The minimum absolute atomic E-state index is 0.139. The van der Waals surface area contributed by atoms with Gasteiger partial charge in [0.15, 0.2) is 0 Å². The molecule has 3 atom stereocenters. The number of hydrogen-bond acceptors (Lipinski definition) is 1. The number of rotatable bonds is 4. The summed E-state index contributed by atoms with van der Waals surface area (Å²) in [6.07, 6.45) is 5.22. The van der Waals surface area contributed by atoms with Crippen molar-refractivity contribution in [2.24, 2.45) is 11.8 Å². The van der Waals surface area contributed by atoms with Crippen molar-refractivity contribution in [2.75, 3.05) is 0 Å². The maximum Gasteiger partial charge on any atom is 0.307 e. The minimum Gasteiger partial charge on any atom is -0.481 e. The van der Waals surface area contributed by atoms with E-state index in [9.17, 15) is 9.90 Å². The van der Waals surface area contributed by atoms with Crippen LogP contribution in [0.15, 0.2) is 24.3 Å². The summed E-state index contributed by atoms with van der Waals surface area (Å²) in [5.74, 6) is -0.0921. The van der Waals surface area contributed by atoms with Gasteiger partial charge in [-0.05, 0) is 48.8 Å². The van der Waals surface area contributed by atoms with E-state index in [-0.39, 0.29) is 11.8 Å². The number of halogens is 1. The summed E-state index contributed by atoms with van der Waals surface area (Å²) < 4.78 is 0. The fourth-order valence-corrected chi connectivity index (χ4v) is 3.43. The normalized spacial score (nSPS) is 27.2. The molecule has 0 amide bonds. The number of carboxylic acid groups (broad SMARTS) is 1. The van der Waals surface area contributed by atoms with E-state index in [2.05, 4.69) is 6.92 Å². The molecule has 2 nitrogen and oxygen atoms in total. The number of aliphatic carboxylic acids is 1. The Hall–Kier alpha value is -1.02. The van der Waals surface area contributed by atoms with Crippen LogP contribution in [-0.4, -0.2) is 11.1 Å². The van der Waals surface area contributed by atoms with Gasteiger partial charge < -0.3 is 5.11 Å². The van der Waals surface area contributed by atoms with Crippen molar-refractivity contribution in [3.05, 3.63) is 34.9 Å². The fourth-order valence-electron chi connectivity index (χ4n) is 3.30. The molecule has 1 saturated carbocycles. The second-order valence-corrected chi connectivity index (χ2v) is 6.01. The number of carbonyl (C=O) groups is 1. The van der Waals surface area contributed by atoms with Crippen molar-refractivity contribution in [1.82, 2.24) is 0 Å². The molecule has 1 fully saturated rings. The van der Waals surface area contributed by atoms with E-state index in [4.69, 9.17) is 11.6 Å². The van der Waals surface area contributed by atoms with Crippen molar-refractivity contribution in [1.29, 1.82) is 0 Å². The van der Waals surface area contributed by atoms with E-state index in [1.54, 1.807) is 0 Å². The molecule has 1 aliphatic rings. The van der Waals surface area contributed by atoms with Crippen molar-refractivity contribution in [3.63, 3.8) is 0 Å². The summed E-state index contributed by atoms with van der Waals surface area (Å²) in [6.45, 7) is 2.20. The summed E-state index contributed by atoms with van der Waals surface area (Å²) in [7, 11) is 0. The Morgan fingerprint density at radius 1 is 1.32 bits per heavy atom. The Bertz CT molecular complexity index is 427. The average Bonchev–Trinajstić information content (AvgIpc) is 2.39. The van der Waals surface area contributed by atoms with Gasteiger partial charge in [-0.2, -0.15) is 0 Å². The number of hydrogen-bond donors (Lipinski definition) is 1.